The number of carbonyl (C=O) groups excluding carboxylic acids is 2. The number of esters is 1. The van der Waals surface area contributed by atoms with Gasteiger partial charge >= 0.3 is 5.97 Å². The molecule has 0 heterocycles. The Morgan fingerprint density at radius 2 is 1.77 bits per heavy atom. The Kier molecular flexibility index (Phi) is 5.52. The fraction of sp³-hybridized carbons (Fsp3) is 0.273. The normalized spacial score (nSPS) is 15.7. The molecular weight excluding hydrogens is 326 g/mol. The van der Waals surface area contributed by atoms with Crippen molar-refractivity contribution in [1.29, 1.82) is 0 Å². The van der Waals surface area contributed by atoms with Crippen LogP contribution >= 0.6 is 0 Å². The number of nitrogens with zero attached hydrogens (tertiary/aromatic N) is 1. The number of rotatable bonds is 5. The van der Waals surface area contributed by atoms with Crippen molar-refractivity contribution in [3.05, 3.63) is 71.8 Å². The van der Waals surface area contributed by atoms with E-state index in [1.165, 1.54) is 0 Å². The smallest absolute Gasteiger partial charge is 0.311 e. The molecule has 0 aromatic heterocycles. The van der Waals surface area contributed by atoms with Gasteiger partial charge in [0.1, 0.15) is 5.75 Å². The van der Waals surface area contributed by atoms with Crippen LogP contribution in [0.25, 0.3) is 0 Å². The molecule has 0 saturated carbocycles. The van der Waals surface area contributed by atoms with Gasteiger partial charge in [-0.15, -0.1) is 0 Å². The van der Waals surface area contributed by atoms with Crippen LogP contribution < -0.4 is 9.64 Å². The molecule has 2 aromatic carbocycles. The van der Waals surface area contributed by atoms with E-state index >= 15 is 0 Å². The molecule has 4 nitrogen and oxygen atoms in total. The second-order valence-corrected chi connectivity index (χ2v) is 6.67. The predicted octanol–water partition coefficient (Wildman–Crippen LogP) is 4.53. The van der Waals surface area contributed by atoms with Crippen LogP contribution in [0, 0.1) is 12.8 Å². The van der Waals surface area contributed by atoms with Crippen molar-refractivity contribution in [3.63, 3.8) is 0 Å². The van der Waals surface area contributed by atoms with Gasteiger partial charge in [0.15, 0.2) is 0 Å². The van der Waals surface area contributed by atoms with Gasteiger partial charge in [-0.1, -0.05) is 29.8 Å². The van der Waals surface area contributed by atoms with Crippen LogP contribution in [-0.4, -0.2) is 18.9 Å². The zero-order valence-corrected chi connectivity index (χ0v) is 15.1. The Morgan fingerprint density at radius 3 is 2.38 bits per heavy atom. The maximum Gasteiger partial charge on any atom is 0.311 e. The molecule has 0 saturated heterocycles. The number of hydrogen-bond acceptors (Lipinski definition) is 3. The summed E-state index contributed by atoms with van der Waals surface area (Å²) in [5.74, 6) is 0.484. The lowest BCUT2D eigenvalue weighted by atomic mass is 10.1. The molecule has 1 amide bonds. The molecule has 4 heteroatoms. The van der Waals surface area contributed by atoms with Crippen LogP contribution in [0.15, 0.2) is 60.7 Å². The van der Waals surface area contributed by atoms with Gasteiger partial charge in [-0.05, 0) is 62.1 Å². The van der Waals surface area contributed by atoms with Gasteiger partial charge in [0, 0.05) is 18.3 Å². The molecule has 2 aromatic rings. The maximum atomic E-state index is 12.5. The molecule has 0 radical (unpaired) electrons. The molecule has 0 spiro atoms. The third kappa shape index (κ3) is 4.39. The van der Waals surface area contributed by atoms with Crippen LogP contribution in [0.5, 0.6) is 5.75 Å². The highest BCUT2D eigenvalue weighted by Crippen LogP contribution is 2.23. The number of anilines is 1. The summed E-state index contributed by atoms with van der Waals surface area (Å²) < 4.78 is 5.39. The molecule has 3 rings (SSSR count). The first-order valence-electron chi connectivity index (χ1n) is 8.85. The number of aryl methyl sites for hydroxylation is 1. The van der Waals surface area contributed by atoms with Crippen molar-refractivity contribution in [2.24, 2.45) is 5.92 Å². The Morgan fingerprint density at radius 1 is 1.08 bits per heavy atom. The summed E-state index contributed by atoms with van der Waals surface area (Å²) in [6.45, 7) is 1.99. The summed E-state index contributed by atoms with van der Waals surface area (Å²) >= 11 is 0. The lowest BCUT2D eigenvalue weighted by Gasteiger charge is -2.18. The second kappa shape index (κ2) is 8.00. The van der Waals surface area contributed by atoms with Gasteiger partial charge < -0.3 is 9.64 Å². The van der Waals surface area contributed by atoms with E-state index in [-0.39, 0.29) is 11.9 Å². The quantitative estimate of drug-likeness (QED) is 0.452. The molecular formula is C22H23NO3. The van der Waals surface area contributed by atoms with Crippen LogP contribution in [0.2, 0.25) is 0 Å². The van der Waals surface area contributed by atoms with Gasteiger partial charge in [-0.2, -0.15) is 0 Å². The van der Waals surface area contributed by atoms with Crippen LogP contribution in [0.3, 0.4) is 0 Å². The molecule has 1 atom stereocenters. The molecule has 0 aliphatic heterocycles. The highest BCUT2D eigenvalue weighted by Gasteiger charge is 2.16. The van der Waals surface area contributed by atoms with Gasteiger partial charge in [0.05, 0.1) is 6.42 Å². The zero-order chi connectivity index (χ0) is 18.5. The minimum Gasteiger partial charge on any atom is -0.427 e. The molecule has 0 N–H and O–H groups in total. The van der Waals surface area contributed by atoms with Crippen molar-refractivity contribution < 1.29 is 14.3 Å². The molecule has 1 aliphatic rings. The third-order valence-corrected chi connectivity index (χ3v) is 4.60. The third-order valence-electron chi connectivity index (χ3n) is 4.60. The minimum absolute atomic E-state index is 0.0808. The summed E-state index contributed by atoms with van der Waals surface area (Å²) in [4.78, 5) is 26.1. The van der Waals surface area contributed by atoms with E-state index < -0.39 is 0 Å². The summed E-state index contributed by atoms with van der Waals surface area (Å²) in [6.07, 6.45) is 6.64. The summed E-state index contributed by atoms with van der Waals surface area (Å²) in [6, 6.07) is 14.5. The summed E-state index contributed by atoms with van der Waals surface area (Å²) in [5.41, 5.74) is 2.50. The topological polar surface area (TPSA) is 46.6 Å². The highest BCUT2D eigenvalue weighted by atomic mass is 16.5. The van der Waals surface area contributed by atoms with E-state index in [1.807, 2.05) is 31.2 Å². The van der Waals surface area contributed by atoms with E-state index in [4.69, 9.17) is 4.74 Å². The second-order valence-electron chi connectivity index (χ2n) is 6.67. The fourth-order valence-electron chi connectivity index (χ4n) is 3.00. The molecule has 134 valence electrons. The first-order chi connectivity index (χ1) is 12.5. The first kappa shape index (κ1) is 17.9. The molecule has 26 heavy (non-hydrogen) atoms. The molecule has 1 aliphatic carbocycles. The molecule has 0 fully saturated rings. The van der Waals surface area contributed by atoms with Crippen LogP contribution in [-0.2, 0) is 4.79 Å². The highest BCUT2D eigenvalue weighted by molar-refractivity contribution is 6.05. The Hall–Kier alpha value is -2.88. The van der Waals surface area contributed by atoms with E-state index in [9.17, 15) is 9.59 Å². The Bertz CT molecular complexity index is 806. The Balaban J connectivity index is 1.61. The number of hydrogen-bond donors (Lipinski definition) is 0. The lowest BCUT2D eigenvalue weighted by Crippen LogP contribution is -2.26. The number of benzene rings is 2. The first-order valence-corrected chi connectivity index (χ1v) is 8.85. The zero-order valence-electron chi connectivity index (χ0n) is 15.1. The maximum absolute atomic E-state index is 12.5. The lowest BCUT2D eigenvalue weighted by molar-refractivity contribution is -0.135. The SMILES string of the molecule is Cc1ccc(C(=O)N(C)c2ccc(OC(=O)CC3C=CCC3)cc2)cc1. The number of carbonyl (C=O) groups is 2. The molecule has 0 bridgehead atoms. The minimum atomic E-state index is -0.224. The van der Waals surface area contributed by atoms with Crippen LogP contribution in [0.4, 0.5) is 5.69 Å². The Labute approximate surface area is 154 Å². The van der Waals surface area contributed by atoms with Crippen molar-refractivity contribution in [1.82, 2.24) is 0 Å². The van der Waals surface area contributed by atoms with Gasteiger partial charge in [-0.25, -0.2) is 0 Å². The van der Waals surface area contributed by atoms with Crippen molar-refractivity contribution >= 4 is 17.6 Å². The average Bonchev–Trinajstić information content (AvgIpc) is 3.14. The van der Waals surface area contributed by atoms with E-state index in [0.717, 1.165) is 24.1 Å². The monoisotopic (exact) mass is 349 g/mol. The number of amides is 1. The van der Waals surface area contributed by atoms with Crippen molar-refractivity contribution in [2.75, 3.05) is 11.9 Å². The predicted molar refractivity (Wildman–Crippen MR) is 102 cm³/mol. The molecule has 1 unspecified atom stereocenters. The van der Waals surface area contributed by atoms with Gasteiger partial charge in [0.2, 0.25) is 0 Å². The number of ether oxygens (including phenoxy) is 1. The van der Waals surface area contributed by atoms with Gasteiger partial charge in [-0.3, -0.25) is 9.59 Å². The van der Waals surface area contributed by atoms with Gasteiger partial charge in [0.25, 0.3) is 5.91 Å². The summed E-state index contributed by atoms with van der Waals surface area (Å²) in [7, 11) is 1.73. The average molecular weight is 349 g/mol. The van der Waals surface area contributed by atoms with Crippen molar-refractivity contribution in [3.8, 4) is 5.75 Å². The van der Waals surface area contributed by atoms with E-state index in [1.54, 1.807) is 36.2 Å². The fourth-order valence-corrected chi connectivity index (χ4v) is 3.00. The van der Waals surface area contributed by atoms with E-state index in [2.05, 4.69) is 12.2 Å². The largest absolute Gasteiger partial charge is 0.427 e. The number of allylic oxidation sites excluding steroid dienone is 2. The summed E-state index contributed by atoms with van der Waals surface area (Å²) in [5, 5.41) is 0. The van der Waals surface area contributed by atoms with Crippen LogP contribution in [0.1, 0.15) is 35.2 Å². The standard InChI is InChI=1S/C22H23NO3/c1-16-7-9-18(10-8-16)22(25)23(2)19-11-13-20(14-12-19)26-21(24)15-17-5-3-4-6-17/h3,5,7-14,17H,4,6,15H2,1-2H3. The van der Waals surface area contributed by atoms with Crippen molar-refractivity contribution in [2.45, 2.75) is 26.2 Å². The van der Waals surface area contributed by atoms with E-state index in [0.29, 0.717) is 23.7 Å².